The highest BCUT2D eigenvalue weighted by Gasteiger charge is 2.15. The Morgan fingerprint density at radius 2 is 2.04 bits per heavy atom. The zero-order valence-corrected chi connectivity index (χ0v) is 14.6. The third-order valence-electron chi connectivity index (χ3n) is 4.06. The van der Waals surface area contributed by atoms with Gasteiger partial charge in [-0.15, -0.1) is 0 Å². The van der Waals surface area contributed by atoms with E-state index in [0.29, 0.717) is 23.9 Å². The first-order chi connectivity index (χ1) is 12.6. The van der Waals surface area contributed by atoms with Crippen LogP contribution in [0.5, 0.6) is 11.5 Å². The number of carbonyl (C=O) groups excluding carboxylic acids is 1. The smallest absolute Gasteiger partial charge is 0.319 e. The van der Waals surface area contributed by atoms with Crippen molar-refractivity contribution in [3.05, 3.63) is 36.4 Å². The Bertz CT molecular complexity index is 965. The number of rotatable bonds is 4. The van der Waals surface area contributed by atoms with E-state index in [1.165, 1.54) is 0 Å². The quantitative estimate of drug-likeness (QED) is 0.667. The maximum atomic E-state index is 11.9. The minimum absolute atomic E-state index is 0.214. The maximum Gasteiger partial charge on any atom is 0.319 e. The minimum Gasteiger partial charge on any atom is -0.454 e. The van der Waals surface area contributed by atoms with Gasteiger partial charge in [0.25, 0.3) is 0 Å². The number of carbonyl (C=O) groups is 1. The number of hydrogen-bond acceptors (Lipinski definition) is 4. The van der Waals surface area contributed by atoms with E-state index in [1.807, 2.05) is 36.4 Å². The van der Waals surface area contributed by atoms with Crippen LogP contribution < -0.4 is 20.1 Å². The lowest BCUT2D eigenvalue weighted by molar-refractivity contribution is 0.174. The van der Waals surface area contributed by atoms with E-state index in [9.17, 15) is 4.79 Å². The van der Waals surface area contributed by atoms with Gasteiger partial charge in [-0.05, 0) is 42.3 Å². The average molecular weight is 352 g/mol. The van der Waals surface area contributed by atoms with Crippen LogP contribution in [0.4, 0.5) is 10.5 Å². The lowest BCUT2D eigenvalue weighted by atomic mass is 10.2. The number of aromatic amines is 1. The third kappa shape index (κ3) is 3.28. The van der Waals surface area contributed by atoms with Gasteiger partial charge in [0.05, 0.1) is 11.0 Å². The fourth-order valence-corrected chi connectivity index (χ4v) is 2.74. The number of aromatic nitrogens is 2. The molecule has 3 N–H and O–H groups in total. The number of imidazole rings is 1. The molecule has 134 valence electrons. The highest BCUT2D eigenvalue weighted by molar-refractivity contribution is 5.92. The molecule has 0 radical (unpaired) electrons. The molecule has 0 spiro atoms. The molecule has 0 fully saturated rings. The number of H-pyrrole nitrogens is 1. The predicted molar refractivity (Wildman–Crippen MR) is 99.5 cm³/mol. The molecule has 3 aromatic rings. The molecule has 26 heavy (non-hydrogen) atoms. The minimum atomic E-state index is -0.214. The van der Waals surface area contributed by atoms with Crippen LogP contribution in [0.15, 0.2) is 36.4 Å². The average Bonchev–Trinajstić information content (AvgIpc) is 3.25. The summed E-state index contributed by atoms with van der Waals surface area (Å²) in [6.07, 6.45) is 0. The summed E-state index contributed by atoms with van der Waals surface area (Å²) in [5.41, 5.74) is 3.29. The number of hydrogen-bond donors (Lipinski definition) is 3. The Morgan fingerprint density at radius 1 is 1.19 bits per heavy atom. The highest BCUT2D eigenvalue weighted by atomic mass is 16.7. The summed E-state index contributed by atoms with van der Waals surface area (Å²) in [4.78, 5) is 19.8. The molecule has 1 aromatic heterocycles. The molecule has 7 nitrogen and oxygen atoms in total. The normalized spacial score (nSPS) is 12.6. The van der Waals surface area contributed by atoms with Gasteiger partial charge in [-0.2, -0.15) is 0 Å². The van der Waals surface area contributed by atoms with Crippen molar-refractivity contribution in [2.24, 2.45) is 5.92 Å². The summed E-state index contributed by atoms with van der Waals surface area (Å²) in [5.74, 6) is 2.59. The zero-order valence-electron chi connectivity index (χ0n) is 14.6. The molecule has 2 amide bonds. The number of ether oxygens (including phenoxy) is 2. The van der Waals surface area contributed by atoms with E-state index in [-0.39, 0.29) is 12.8 Å². The fraction of sp³-hybridized carbons (Fsp3) is 0.263. The zero-order chi connectivity index (χ0) is 18.1. The van der Waals surface area contributed by atoms with Crippen molar-refractivity contribution in [3.63, 3.8) is 0 Å². The second kappa shape index (κ2) is 6.59. The first kappa shape index (κ1) is 16.3. The number of benzene rings is 2. The van der Waals surface area contributed by atoms with Crippen molar-refractivity contribution in [1.29, 1.82) is 0 Å². The van der Waals surface area contributed by atoms with Gasteiger partial charge in [0.1, 0.15) is 5.82 Å². The lowest BCUT2D eigenvalue weighted by Gasteiger charge is -2.09. The van der Waals surface area contributed by atoms with Gasteiger partial charge in [0.2, 0.25) is 6.79 Å². The molecule has 0 saturated carbocycles. The van der Waals surface area contributed by atoms with Gasteiger partial charge >= 0.3 is 6.03 Å². The van der Waals surface area contributed by atoms with Gasteiger partial charge in [-0.3, -0.25) is 0 Å². The molecule has 0 bridgehead atoms. The van der Waals surface area contributed by atoms with E-state index >= 15 is 0 Å². The topological polar surface area (TPSA) is 88.3 Å². The molecule has 0 saturated heterocycles. The first-order valence-electron chi connectivity index (χ1n) is 8.53. The van der Waals surface area contributed by atoms with Crippen LogP contribution in [0, 0.1) is 5.92 Å². The fourth-order valence-electron chi connectivity index (χ4n) is 2.74. The Morgan fingerprint density at radius 3 is 2.88 bits per heavy atom. The number of urea groups is 1. The van der Waals surface area contributed by atoms with Crippen LogP contribution in [0.1, 0.15) is 13.8 Å². The molecule has 0 unspecified atom stereocenters. The number of anilines is 1. The highest BCUT2D eigenvalue weighted by Crippen LogP contribution is 2.35. The third-order valence-corrected chi connectivity index (χ3v) is 4.06. The number of nitrogens with one attached hydrogen (secondary N) is 3. The van der Waals surface area contributed by atoms with Crippen LogP contribution >= 0.6 is 0 Å². The summed E-state index contributed by atoms with van der Waals surface area (Å²) < 4.78 is 10.8. The lowest BCUT2D eigenvalue weighted by Crippen LogP contribution is -2.31. The molecular weight excluding hydrogens is 332 g/mol. The van der Waals surface area contributed by atoms with Gasteiger partial charge in [0.15, 0.2) is 11.5 Å². The standard InChI is InChI=1S/C19H20N4O3/c1-11(2)9-20-19(24)21-13-4-5-14-15(8-13)23-18(22-14)12-3-6-16-17(7-12)26-10-25-16/h3-8,11H,9-10H2,1-2H3,(H,22,23)(H2,20,21,24). The summed E-state index contributed by atoms with van der Waals surface area (Å²) >= 11 is 0. The first-order valence-corrected chi connectivity index (χ1v) is 8.53. The summed E-state index contributed by atoms with van der Waals surface area (Å²) in [6, 6.07) is 11.1. The molecule has 0 aliphatic carbocycles. The van der Waals surface area contributed by atoms with E-state index in [2.05, 4.69) is 34.4 Å². The van der Waals surface area contributed by atoms with Gasteiger partial charge in [-0.25, -0.2) is 9.78 Å². The molecule has 2 aromatic carbocycles. The molecule has 2 heterocycles. The number of nitrogens with zero attached hydrogens (tertiary/aromatic N) is 1. The van der Waals surface area contributed by atoms with Crippen molar-refractivity contribution in [1.82, 2.24) is 15.3 Å². The van der Waals surface area contributed by atoms with Crippen molar-refractivity contribution >= 4 is 22.8 Å². The maximum absolute atomic E-state index is 11.9. The van der Waals surface area contributed by atoms with Gasteiger partial charge < -0.3 is 25.1 Å². The monoisotopic (exact) mass is 352 g/mol. The molecule has 0 atom stereocenters. The Hall–Kier alpha value is -3.22. The van der Waals surface area contributed by atoms with Gasteiger partial charge in [-0.1, -0.05) is 13.8 Å². The number of amides is 2. The Balaban J connectivity index is 1.55. The second-order valence-corrected chi connectivity index (χ2v) is 6.61. The number of fused-ring (bicyclic) bond motifs is 2. The van der Waals surface area contributed by atoms with E-state index < -0.39 is 0 Å². The van der Waals surface area contributed by atoms with E-state index in [1.54, 1.807) is 0 Å². The van der Waals surface area contributed by atoms with Crippen molar-refractivity contribution in [3.8, 4) is 22.9 Å². The van der Waals surface area contributed by atoms with Gasteiger partial charge in [0, 0.05) is 17.8 Å². The Labute approximate surface area is 150 Å². The molecule has 1 aliphatic heterocycles. The van der Waals surface area contributed by atoms with E-state index in [0.717, 1.165) is 28.2 Å². The van der Waals surface area contributed by atoms with Crippen molar-refractivity contribution in [2.45, 2.75) is 13.8 Å². The second-order valence-electron chi connectivity index (χ2n) is 6.61. The van der Waals surface area contributed by atoms with Crippen LogP contribution in [0.3, 0.4) is 0 Å². The SMILES string of the molecule is CC(C)CNC(=O)Nc1ccc2nc(-c3ccc4c(c3)OCO4)[nH]c2c1. The Kier molecular flexibility index (Phi) is 4.12. The van der Waals surface area contributed by atoms with Crippen LogP contribution in [0.2, 0.25) is 0 Å². The molecule has 1 aliphatic rings. The van der Waals surface area contributed by atoms with Crippen molar-refractivity contribution < 1.29 is 14.3 Å². The van der Waals surface area contributed by atoms with Crippen molar-refractivity contribution in [2.75, 3.05) is 18.7 Å². The predicted octanol–water partition coefficient (Wildman–Crippen LogP) is 3.74. The molecule has 7 heteroatoms. The summed E-state index contributed by atoms with van der Waals surface area (Å²) in [6.45, 7) is 4.97. The molecule has 4 rings (SSSR count). The van der Waals surface area contributed by atoms with E-state index in [4.69, 9.17) is 9.47 Å². The van der Waals surface area contributed by atoms with Crippen LogP contribution in [-0.4, -0.2) is 29.3 Å². The van der Waals surface area contributed by atoms with Crippen LogP contribution in [0.25, 0.3) is 22.4 Å². The summed E-state index contributed by atoms with van der Waals surface area (Å²) in [5, 5.41) is 5.67. The largest absolute Gasteiger partial charge is 0.454 e. The molecular formula is C19H20N4O3. The van der Waals surface area contributed by atoms with Crippen LogP contribution in [-0.2, 0) is 0 Å². The summed E-state index contributed by atoms with van der Waals surface area (Å²) in [7, 11) is 0.